The van der Waals surface area contributed by atoms with Crippen LogP contribution in [0.1, 0.15) is 22.5 Å². The van der Waals surface area contributed by atoms with E-state index in [2.05, 4.69) is 46.5 Å². The lowest BCUT2D eigenvalue weighted by atomic mass is 10.1. The molecule has 0 aliphatic carbocycles. The lowest BCUT2D eigenvalue weighted by molar-refractivity contribution is 0.475. The Morgan fingerprint density at radius 3 is 1.56 bits per heavy atom. The number of nitrogens with zero attached hydrogens (tertiary/aromatic N) is 6. The van der Waals surface area contributed by atoms with Crippen molar-refractivity contribution in [3.63, 3.8) is 0 Å². The van der Waals surface area contributed by atoms with Gasteiger partial charge in [-0.2, -0.15) is 0 Å². The van der Waals surface area contributed by atoms with E-state index in [1.54, 1.807) is 61.2 Å². The van der Waals surface area contributed by atoms with Crippen molar-refractivity contribution in [1.29, 1.82) is 0 Å². The highest BCUT2D eigenvalue weighted by Gasteiger charge is 2.14. The Morgan fingerprint density at radius 2 is 1.08 bits per heavy atom. The number of nitrogens with one attached hydrogen (secondary N) is 2. The normalized spacial score (nSPS) is 11.7. The molecule has 0 aliphatic rings. The number of aryl methyl sites for hydroxylation is 2. The number of aromatic hydroxyl groups is 1. The Hall–Kier alpha value is -5.40. The number of benzene rings is 3. The fourth-order valence-electron chi connectivity index (χ4n) is 5.31. The standard InChI is InChI=1S/C20H19N5O3S.C14H14BrN5O2S/c1-13-10-22-19(23-11-14-2-8-17(9-3-14)29(21,27)28)20-24-12-18(25(13)20)15-4-6-16(26)7-5-15;1-9-6-17-13(14-19-8-12(15)20(9)14)18-7-10-2-4-11(5-3-10)23(16,21)22/h2-10,12,26H,11H2,1H3,(H,22,23)(H2,21,27,28);2-6,8H,7H2,1H3,(H,17,18)(H2,16,21,22). The number of nitrogens with two attached hydrogens (primary N) is 2. The van der Waals surface area contributed by atoms with Crippen molar-refractivity contribution in [1.82, 2.24) is 28.7 Å². The molecular formula is C34H33BrN10O5S2. The molecule has 3 aromatic carbocycles. The average Bonchev–Trinajstić information content (AvgIpc) is 3.74. The quantitative estimate of drug-likeness (QED) is 0.134. The van der Waals surface area contributed by atoms with Crippen LogP contribution in [-0.4, -0.2) is 50.7 Å². The number of rotatable bonds is 9. The zero-order valence-corrected chi connectivity index (χ0v) is 31.0. The van der Waals surface area contributed by atoms with Crippen LogP contribution in [0.5, 0.6) is 5.75 Å². The van der Waals surface area contributed by atoms with Crippen LogP contribution < -0.4 is 20.9 Å². The van der Waals surface area contributed by atoms with Gasteiger partial charge in [-0.1, -0.05) is 24.3 Å². The van der Waals surface area contributed by atoms with Crippen molar-refractivity contribution in [2.75, 3.05) is 10.6 Å². The van der Waals surface area contributed by atoms with Gasteiger partial charge in [-0.15, -0.1) is 0 Å². The molecule has 7 rings (SSSR count). The van der Waals surface area contributed by atoms with Crippen LogP contribution in [0.4, 0.5) is 11.6 Å². The first kappa shape index (κ1) is 36.4. The fourth-order valence-corrected chi connectivity index (χ4v) is 6.89. The fraction of sp³-hybridized carbons (Fsp3) is 0.118. The highest BCUT2D eigenvalue weighted by atomic mass is 79.9. The molecule has 0 aliphatic heterocycles. The van der Waals surface area contributed by atoms with Gasteiger partial charge in [0.05, 0.1) is 27.9 Å². The summed E-state index contributed by atoms with van der Waals surface area (Å²) < 4.78 is 50.0. The highest BCUT2D eigenvalue weighted by Crippen LogP contribution is 2.27. The van der Waals surface area contributed by atoms with E-state index in [1.807, 2.05) is 34.8 Å². The number of hydrogen-bond donors (Lipinski definition) is 5. The smallest absolute Gasteiger partial charge is 0.238 e. The zero-order chi connectivity index (χ0) is 37.2. The van der Waals surface area contributed by atoms with E-state index >= 15 is 0 Å². The third-order valence-corrected chi connectivity index (χ3v) is 10.4. The molecular weight excluding hydrogens is 772 g/mol. The van der Waals surface area contributed by atoms with Crippen LogP contribution >= 0.6 is 15.9 Å². The molecule has 0 fully saturated rings. The Bertz CT molecular complexity index is 2610. The van der Waals surface area contributed by atoms with Crippen molar-refractivity contribution in [2.24, 2.45) is 10.3 Å². The second kappa shape index (κ2) is 14.7. The molecule has 0 amide bonds. The predicted molar refractivity (Wildman–Crippen MR) is 201 cm³/mol. The summed E-state index contributed by atoms with van der Waals surface area (Å²) in [5.41, 5.74) is 6.88. The number of hydrogen-bond acceptors (Lipinski definition) is 11. The number of aromatic nitrogens is 6. The van der Waals surface area contributed by atoms with Crippen molar-refractivity contribution >= 4 is 58.9 Å². The molecule has 7 aromatic rings. The van der Waals surface area contributed by atoms with Crippen LogP contribution in [-0.2, 0) is 33.1 Å². The number of halogens is 1. The second-order valence-corrected chi connectivity index (χ2v) is 15.6. The molecule has 0 unspecified atom stereocenters. The average molecular weight is 806 g/mol. The van der Waals surface area contributed by atoms with Gasteiger partial charge in [-0.3, -0.25) is 8.80 Å². The van der Waals surface area contributed by atoms with Gasteiger partial charge in [0.1, 0.15) is 10.4 Å². The summed E-state index contributed by atoms with van der Waals surface area (Å²) in [7, 11) is -7.38. The van der Waals surface area contributed by atoms with E-state index in [1.165, 1.54) is 24.3 Å². The van der Waals surface area contributed by atoms with Gasteiger partial charge in [0.25, 0.3) is 0 Å². The molecule has 0 saturated carbocycles. The van der Waals surface area contributed by atoms with Crippen LogP contribution in [0.25, 0.3) is 22.6 Å². The lowest BCUT2D eigenvalue weighted by Gasteiger charge is -2.11. The zero-order valence-electron chi connectivity index (χ0n) is 27.8. The summed E-state index contributed by atoms with van der Waals surface area (Å²) in [4.78, 5) is 17.8. The van der Waals surface area contributed by atoms with Gasteiger partial charge in [0, 0.05) is 42.4 Å². The van der Waals surface area contributed by atoms with Crippen LogP contribution in [0.2, 0.25) is 0 Å². The maximum absolute atomic E-state index is 11.4. The number of phenols is 1. The molecule has 0 atom stereocenters. The molecule has 18 heteroatoms. The van der Waals surface area contributed by atoms with E-state index in [9.17, 15) is 21.9 Å². The number of phenolic OH excluding ortho intramolecular Hbond substituents is 1. The van der Waals surface area contributed by atoms with E-state index in [4.69, 9.17) is 10.3 Å². The SMILES string of the molecule is Cc1cnc(NCc2ccc(S(N)(=O)=O)cc2)c2ncc(-c3ccc(O)cc3)n12.Cc1cnc(NCc2ccc(S(N)(=O)=O)cc2)c2ncc(Br)n12. The lowest BCUT2D eigenvalue weighted by Crippen LogP contribution is -2.12. The summed E-state index contributed by atoms with van der Waals surface area (Å²) in [6, 6.07) is 19.7. The van der Waals surface area contributed by atoms with E-state index < -0.39 is 20.0 Å². The van der Waals surface area contributed by atoms with Crippen molar-refractivity contribution in [2.45, 2.75) is 36.7 Å². The molecule has 7 N–H and O–H groups in total. The first-order valence-corrected chi connectivity index (χ1v) is 19.4. The van der Waals surface area contributed by atoms with Gasteiger partial charge >= 0.3 is 0 Å². The van der Waals surface area contributed by atoms with Gasteiger partial charge in [-0.05, 0) is 89.4 Å². The molecule has 0 spiro atoms. The third-order valence-electron chi connectivity index (χ3n) is 7.96. The summed E-state index contributed by atoms with van der Waals surface area (Å²) in [5, 5.41) is 26.2. The molecule has 0 radical (unpaired) electrons. The van der Waals surface area contributed by atoms with E-state index in [0.717, 1.165) is 44.0 Å². The molecule has 268 valence electrons. The molecule has 4 aromatic heterocycles. The van der Waals surface area contributed by atoms with Crippen LogP contribution in [0.15, 0.2) is 112 Å². The number of fused-ring (bicyclic) bond motifs is 2. The maximum Gasteiger partial charge on any atom is 0.238 e. The number of primary sulfonamides is 2. The Morgan fingerprint density at radius 1 is 0.635 bits per heavy atom. The van der Waals surface area contributed by atoms with Crippen LogP contribution in [0, 0.1) is 13.8 Å². The van der Waals surface area contributed by atoms with E-state index in [-0.39, 0.29) is 15.5 Å². The van der Waals surface area contributed by atoms with Crippen molar-refractivity contribution in [3.05, 3.63) is 125 Å². The molecule has 15 nitrogen and oxygen atoms in total. The minimum absolute atomic E-state index is 0.0731. The minimum atomic E-state index is -3.71. The van der Waals surface area contributed by atoms with Gasteiger partial charge in [-0.25, -0.2) is 47.0 Å². The Kier molecular flexibility index (Phi) is 10.3. The second-order valence-electron chi connectivity index (χ2n) is 11.7. The summed E-state index contributed by atoms with van der Waals surface area (Å²) in [5.74, 6) is 1.46. The molecule has 4 heterocycles. The molecule has 0 saturated heterocycles. The highest BCUT2D eigenvalue weighted by molar-refractivity contribution is 9.10. The Labute approximate surface area is 307 Å². The molecule has 52 heavy (non-hydrogen) atoms. The van der Waals surface area contributed by atoms with Gasteiger partial charge in [0.2, 0.25) is 20.0 Å². The first-order valence-electron chi connectivity index (χ1n) is 15.5. The maximum atomic E-state index is 11.4. The topological polar surface area (TPSA) is 225 Å². The van der Waals surface area contributed by atoms with Crippen LogP contribution in [0.3, 0.4) is 0 Å². The first-order chi connectivity index (χ1) is 24.7. The molecule has 0 bridgehead atoms. The number of sulfonamides is 2. The Balaban J connectivity index is 0.000000183. The van der Waals surface area contributed by atoms with Crippen molar-refractivity contribution in [3.8, 4) is 17.0 Å². The van der Waals surface area contributed by atoms with Gasteiger partial charge < -0.3 is 15.7 Å². The monoisotopic (exact) mass is 804 g/mol. The van der Waals surface area contributed by atoms with E-state index in [0.29, 0.717) is 30.4 Å². The van der Waals surface area contributed by atoms with Crippen molar-refractivity contribution < 1.29 is 21.9 Å². The minimum Gasteiger partial charge on any atom is -0.508 e. The largest absolute Gasteiger partial charge is 0.508 e. The number of imidazole rings is 2. The third kappa shape index (κ3) is 8.05. The predicted octanol–water partition coefficient (Wildman–Crippen LogP) is 4.73. The summed E-state index contributed by atoms with van der Waals surface area (Å²) in [6.07, 6.45) is 7.00. The summed E-state index contributed by atoms with van der Waals surface area (Å²) >= 11 is 3.45. The summed E-state index contributed by atoms with van der Waals surface area (Å²) in [6.45, 7) is 4.82. The van der Waals surface area contributed by atoms with Gasteiger partial charge in [0.15, 0.2) is 22.9 Å². The number of anilines is 2.